The molecule has 2 aromatic heterocycles. The Kier molecular flexibility index (Phi) is 4.73. The van der Waals surface area contributed by atoms with E-state index < -0.39 is 0 Å². The molecule has 6 nitrogen and oxygen atoms in total. The van der Waals surface area contributed by atoms with Crippen LogP contribution in [0.2, 0.25) is 5.02 Å². The van der Waals surface area contributed by atoms with Crippen molar-refractivity contribution in [3.8, 4) is 10.4 Å². The van der Waals surface area contributed by atoms with Crippen LogP contribution in [0.25, 0.3) is 10.4 Å². The van der Waals surface area contributed by atoms with Gasteiger partial charge in [-0.25, -0.2) is 5.43 Å². The monoisotopic (exact) mass is 359 g/mol. The molecule has 0 amide bonds. The van der Waals surface area contributed by atoms with Gasteiger partial charge in [-0.3, -0.25) is 9.78 Å². The molecule has 1 aromatic carbocycles. The maximum absolute atomic E-state index is 11.5. The van der Waals surface area contributed by atoms with Gasteiger partial charge in [0.05, 0.1) is 10.6 Å². The summed E-state index contributed by atoms with van der Waals surface area (Å²) in [6.45, 7) is 3.47. The number of aryl methyl sites for hydroxylation is 1. The number of hydrazone groups is 1. The summed E-state index contributed by atoms with van der Waals surface area (Å²) in [4.78, 5) is 16.2. The summed E-state index contributed by atoms with van der Waals surface area (Å²) in [5.41, 5.74) is 4.62. The molecule has 3 rings (SSSR count). The molecule has 0 atom stereocenters. The summed E-state index contributed by atoms with van der Waals surface area (Å²) in [6.07, 6.45) is 0. The zero-order chi connectivity index (χ0) is 17.1. The molecule has 0 aliphatic carbocycles. The minimum Gasteiger partial charge on any atom is -0.288 e. The second-order valence-electron chi connectivity index (χ2n) is 5.07. The Bertz CT molecular complexity index is 946. The van der Waals surface area contributed by atoms with Crippen molar-refractivity contribution in [2.75, 3.05) is 5.43 Å². The summed E-state index contributed by atoms with van der Waals surface area (Å²) < 4.78 is 0. The van der Waals surface area contributed by atoms with E-state index in [2.05, 4.69) is 25.7 Å². The number of thiophene rings is 1. The number of anilines is 1. The minimum atomic E-state index is -0.290. The number of aromatic amines is 1. The van der Waals surface area contributed by atoms with Crippen molar-refractivity contribution in [1.82, 2.24) is 15.2 Å². The average Bonchev–Trinajstić information content (AvgIpc) is 3.06. The van der Waals surface area contributed by atoms with E-state index in [1.54, 1.807) is 18.3 Å². The van der Waals surface area contributed by atoms with Crippen LogP contribution in [-0.4, -0.2) is 20.9 Å². The van der Waals surface area contributed by atoms with E-state index in [1.165, 1.54) is 0 Å². The molecule has 0 aliphatic rings. The lowest BCUT2D eigenvalue weighted by molar-refractivity contribution is 0.897. The number of nitrogens with one attached hydrogen (secondary N) is 2. The summed E-state index contributed by atoms with van der Waals surface area (Å²) in [5.74, 6) is 0.208. The second-order valence-corrected chi connectivity index (χ2v) is 6.59. The highest BCUT2D eigenvalue weighted by molar-refractivity contribution is 7.17. The molecule has 24 heavy (non-hydrogen) atoms. The van der Waals surface area contributed by atoms with E-state index in [0.717, 1.165) is 21.0 Å². The number of aromatic nitrogens is 3. The Morgan fingerprint density at radius 3 is 2.67 bits per heavy atom. The Balaban J connectivity index is 1.77. The fourth-order valence-electron chi connectivity index (χ4n) is 1.94. The maximum Gasteiger partial charge on any atom is 0.274 e. The van der Waals surface area contributed by atoms with Crippen molar-refractivity contribution >= 4 is 34.6 Å². The molecule has 0 bridgehead atoms. The highest BCUT2D eigenvalue weighted by Crippen LogP contribution is 2.29. The molecule has 0 unspecified atom stereocenters. The first-order valence-corrected chi connectivity index (χ1v) is 8.32. The molecule has 0 saturated heterocycles. The quantitative estimate of drug-likeness (QED) is 0.549. The molecular formula is C16H14ClN5OS. The number of halogens is 1. The van der Waals surface area contributed by atoms with Crippen LogP contribution in [0.15, 0.2) is 46.3 Å². The summed E-state index contributed by atoms with van der Waals surface area (Å²) in [6, 6.07) is 11.7. The Hall–Kier alpha value is -2.51. The number of benzene rings is 1. The molecule has 0 fully saturated rings. The summed E-state index contributed by atoms with van der Waals surface area (Å²) in [7, 11) is 0. The lowest BCUT2D eigenvalue weighted by Crippen LogP contribution is -2.15. The first kappa shape index (κ1) is 16.4. The van der Waals surface area contributed by atoms with Gasteiger partial charge in [0.1, 0.15) is 5.69 Å². The number of hydrogen-bond acceptors (Lipinski definition) is 6. The zero-order valence-electron chi connectivity index (χ0n) is 13.0. The molecule has 3 aromatic rings. The summed E-state index contributed by atoms with van der Waals surface area (Å²) in [5, 5.41) is 12.5. The van der Waals surface area contributed by atoms with E-state index in [9.17, 15) is 4.79 Å². The molecule has 2 heterocycles. The number of rotatable bonds is 4. The van der Waals surface area contributed by atoms with Crippen molar-refractivity contribution in [2.24, 2.45) is 5.10 Å². The Morgan fingerprint density at radius 1 is 1.21 bits per heavy atom. The van der Waals surface area contributed by atoms with Crippen LogP contribution in [0.4, 0.5) is 5.95 Å². The number of nitrogens with zero attached hydrogens (tertiary/aromatic N) is 3. The van der Waals surface area contributed by atoms with Crippen LogP contribution < -0.4 is 11.0 Å². The number of H-pyrrole nitrogens is 1. The van der Waals surface area contributed by atoms with Gasteiger partial charge in [-0.2, -0.15) is 5.10 Å². The minimum absolute atomic E-state index is 0.208. The Morgan fingerprint density at radius 2 is 1.96 bits per heavy atom. The van der Waals surface area contributed by atoms with Crippen LogP contribution in [-0.2, 0) is 0 Å². The van der Waals surface area contributed by atoms with Crippen molar-refractivity contribution in [1.29, 1.82) is 0 Å². The van der Waals surface area contributed by atoms with Gasteiger partial charge >= 0.3 is 0 Å². The summed E-state index contributed by atoms with van der Waals surface area (Å²) >= 11 is 7.53. The van der Waals surface area contributed by atoms with Crippen molar-refractivity contribution in [3.63, 3.8) is 0 Å². The van der Waals surface area contributed by atoms with E-state index in [-0.39, 0.29) is 11.5 Å². The molecular weight excluding hydrogens is 346 g/mol. The molecule has 0 aliphatic heterocycles. The van der Waals surface area contributed by atoms with Gasteiger partial charge in [0, 0.05) is 9.90 Å². The predicted molar refractivity (Wildman–Crippen MR) is 98.0 cm³/mol. The van der Waals surface area contributed by atoms with E-state index in [1.807, 2.05) is 43.3 Å². The van der Waals surface area contributed by atoms with E-state index in [0.29, 0.717) is 10.7 Å². The van der Waals surface area contributed by atoms with Gasteiger partial charge in [-0.05, 0) is 43.7 Å². The van der Waals surface area contributed by atoms with Gasteiger partial charge < -0.3 is 0 Å². The van der Waals surface area contributed by atoms with Crippen molar-refractivity contribution in [3.05, 3.63) is 62.3 Å². The predicted octanol–water partition coefficient (Wildman–Crippen LogP) is 3.69. The van der Waals surface area contributed by atoms with Gasteiger partial charge in [0.25, 0.3) is 5.56 Å². The highest BCUT2D eigenvalue weighted by atomic mass is 35.5. The van der Waals surface area contributed by atoms with Crippen LogP contribution >= 0.6 is 22.9 Å². The molecule has 0 saturated carbocycles. The fourth-order valence-corrected chi connectivity index (χ4v) is 3.02. The second kappa shape index (κ2) is 6.94. The average molecular weight is 360 g/mol. The molecule has 0 radical (unpaired) electrons. The first-order valence-electron chi connectivity index (χ1n) is 7.13. The van der Waals surface area contributed by atoms with Crippen LogP contribution in [0.5, 0.6) is 0 Å². The normalized spacial score (nSPS) is 11.5. The van der Waals surface area contributed by atoms with Crippen LogP contribution in [0, 0.1) is 6.92 Å². The molecule has 0 spiro atoms. The van der Waals surface area contributed by atoms with E-state index >= 15 is 0 Å². The third-order valence-corrected chi connectivity index (χ3v) is 4.78. The van der Waals surface area contributed by atoms with Gasteiger partial charge in [-0.1, -0.05) is 23.7 Å². The highest BCUT2D eigenvalue weighted by Gasteiger charge is 2.06. The van der Waals surface area contributed by atoms with E-state index in [4.69, 9.17) is 11.6 Å². The third-order valence-electron chi connectivity index (χ3n) is 3.28. The van der Waals surface area contributed by atoms with Crippen molar-refractivity contribution in [2.45, 2.75) is 13.8 Å². The number of hydrogen-bond donors (Lipinski definition) is 2. The van der Waals surface area contributed by atoms with Crippen LogP contribution in [0.3, 0.4) is 0 Å². The van der Waals surface area contributed by atoms with Gasteiger partial charge in [0.2, 0.25) is 5.95 Å². The topological polar surface area (TPSA) is 83.0 Å². The zero-order valence-corrected chi connectivity index (χ0v) is 14.6. The van der Waals surface area contributed by atoms with Crippen molar-refractivity contribution < 1.29 is 0 Å². The molecule has 2 N–H and O–H groups in total. The van der Waals surface area contributed by atoms with Gasteiger partial charge in [-0.15, -0.1) is 21.5 Å². The fraction of sp³-hybridized carbons (Fsp3) is 0.125. The lowest BCUT2D eigenvalue weighted by Gasteiger charge is -2.00. The van der Waals surface area contributed by atoms with Crippen LogP contribution in [0.1, 0.15) is 17.5 Å². The molecule has 8 heteroatoms. The maximum atomic E-state index is 11.5. The lowest BCUT2D eigenvalue weighted by atomic mass is 10.2. The Labute approximate surface area is 147 Å². The standard InChI is InChI=1S/C16H14ClN5OS/c1-9(19-21-16-18-15(23)10(2)20-22-16)13-7-8-14(24-13)11-3-5-12(17)6-4-11/h3-8H,1-2H3,(H2,18,21,22,23)/b19-9-. The molecule has 122 valence electrons. The SMILES string of the molecule is C/C(=N/Nc1nnc(C)c(=O)[nH]1)c1ccc(-c2ccc(Cl)cc2)s1. The smallest absolute Gasteiger partial charge is 0.274 e. The largest absolute Gasteiger partial charge is 0.288 e. The first-order chi connectivity index (χ1) is 11.5. The van der Waals surface area contributed by atoms with Gasteiger partial charge in [0.15, 0.2) is 0 Å². The third kappa shape index (κ3) is 3.69.